The molecule has 0 radical (unpaired) electrons. The largest absolute Gasteiger partial charge is 0.511 e. The Morgan fingerprint density at radius 3 is 2.34 bits per heavy atom. The fourth-order valence-corrected chi connectivity index (χ4v) is 6.26. The van der Waals surface area contributed by atoms with Crippen LogP contribution in [0, 0.1) is 0 Å². The predicted molar refractivity (Wildman–Crippen MR) is 141 cm³/mol. The van der Waals surface area contributed by atoms with E-state index in [4.69, 9.17) is 11.6 Å². The summed E-state index contributed by atoms with van der Waals surface area (Å²) < 4.78 is 62.6. The Kier molecular flexibility index (Phi) is 7.22. The highest BCUT2D eigenvalue weighted by molar-refractivity contribution is 7.90. The fraction of sp³-hybridized carbons (Fsp3) is 0.250. The Balaban J connectivity index is 1.46. The van der Waals surface area contributed by atoms with Crippen LogP contribution < -0.4 is 11.0 Å². The average Bonchev–Trinajstić information content (AvgIpc) is 3.40. The van der Waals surface area contributed by atoms with Crippen LogP contribution in [0.3, 0.4) is 0 Å². The molecule has 0 bridgehead atoms. The number of benzene rings is 2. The van der Waals surface area contributed by atoms with E-state index < -0.39 is 15.5 Å². The van der Waals surface area contributed by atoms with E-state index >= 15 is 0 Å². The van der Waals surface area contributed by atoms with Crippen LogP contribution in [-0.2, 0) is 10.0 Å². The summed E-state index contributed by atoms with van der Waals surface area (Å²) in [6.45, 7) is -0.695. The van der Waals surface area contributed by atoms with Crippen molar-refractivity contribution in [3.63, 3.8) is 0 Å². The van der Waals surface area contributed by atoms with Gasteiger partial charge in [-0.15, -0.1) is 11.3 Å². The number of hydrogen-bond donors (Lipinski definition) is 2. The van der Waals surface area contributed by atoms with Gasteiger partial charge in [0.15, 0.2) is 0 Å². The standard InChI is InChI=1S/C24H21ClF3N5O3S2/c25-17-4-1-15(2-5-17)22(23-29-7-12-37-23)16-3-6-19-18(13-16)20(14-21(34)30-19)31-32-8-10-33(11-9-32)38(35,36)24(26,27)28/h1-7,12-14,22H,8-11H2,(H2,30,31,34). The van der Waals surface area contributed by atoms with Crippen LogP contribution in [0.25, 0.3) is 10.9 Å². The lowest BCUT2D eigenvalue weighted by atomic mass is 9.90. The second kappa shape index (κ2) is 10.3. The third kappa shape index (κ3) is 5.29. The molecule has 2 N–H and O–H groups in total. The zero-order chi connectivity index (χ0) is 27.1. The van der Waals surface area contributed by atoms with E-state index in [0.29, 0.717) is 25.9 Å². The normalized spacial score (nSPS) is 16.5. The third-order valence-corrected chi connectivity index (χ3v) is 8.97. The molecule has 2 aromatic heterocycles. The van der Waals surface area contributed by atoms with Crippen molar-refractivity contribution in [2.45, 2.75) is 11.4 Å². The van der Waals surface area contributed by atoms with E-state index in [-0.39, 0.29) is 37.7 Å². The molecule has 0 amide bonds. The topological polar surface area (TPSA) is 98.4 Å². The molecule has 0 saturated carbocycles. The summed E-state index contributed by atoms with van der Waals surface area (Å²) in [7, 11) is -5.39. The molecule has 1 aliphatic rings. The first-order chi connectivity index (χ1) is 18.0. The SMILES string of the molecule is O=c1cc(NN2CCN(S(=O)(=O)C(F)(F)F)CC2)c2cc(C(c3ccc(Cl)cc3)c3nccs3)ccc2[nH]1. The number of nitrogens with zero attached hydrogens (tertiary/aromatic N) is 3. The molecule has 4 aromatic rings. The molecule has 14 heteroatoms. The van der Waals surface area contributed by atoms with Gasteiger partial charge in [-0.25, -0.2) is 18.4 Å². The molecule has 1 saturated heterocycles. The maximum absolute atomic E-state index is 12.9. The number of rotatable bonds is 6. The monoisotopic (exact) mass is 583 g/mol. The molecule has 1 atom stereocenters. The second-order valence-corrected chi connectivity index (χ2v) is 11.9. The maximum atomic E-state index is 12.9. The molecule has 3 heterocycles. The lowest BCUT2D eigenvalue weighted by Gasteiger charge is -2.34. The molecule has 200 valence electrons. The first-order valence-electron chi connectivity index (χ1n) is 11.4. The van der Waals surface area contributed by atoms with Crippen molar-refractivity contribution in [3.8, 4) is 0 Å². The minimum absolute atomic E-state index is 0.00416. The first kappa shape index (κ1) is 26.6. The van der Waals surface area contributed by atoms with Gasteiger partial charge in [-0.1, -0.05) is 29.8 Å². The van der Waals surface area contributed by atoms with Crippen molar-refractivity contribution in [1.82, 2.24) is 19.3 Å². The van der Waals surface area contributed by atoms with Gasteiger partial charge in [0.05, 0.1) is 17.1 Å². The number of alkyl halides is 3. The number of H-pyrrole nitrogens is 1. The van der Waals surface area contributed by atoms with E-state index in [9.17, 15) is 26.4 Å². The van der Waals surface area contributed by atoms with E-state index in [0.717, 1.165) is 16.1 Å². The van der Waals surface area contributed by atoms with Crippen LogP contribution in [0.4, 0.5) is 18.9 Å². The van der Waals surface area contributed by atoms with E-state index in [2.05, 4.69) is 15.4 Å². The summed E-state index contributed by atoms with van der Waals surface area (Å²) in [5.74, 6) is -0.201. The van der Waals surface area contributed by atoms with Crippen molar-refractivity contribution >= 4 is 49.6 Å². The van der Waals surface area contributed by atoms with Crippen molar-refractivity contribution < 1.29 is 21.6 Å². The number of hydrazine groups is 1. The molecule has 0 spiro atoms. The molecule has 1 aliphatic heterocycles. The molecule has 2 aromatic carbocycles. The van der Waals surface area contributed by atoms with Crippen LogP contribution >= 0.6 is 22.9 Å². The van der Waals surface area contributed by atoms with Crippen LogP contribution in [0.5, 0.6) is 0 Å². The number of thiazole rings is 1. The highest BCUT2D eigenvalue weighted by Gasteiger charge is 2.50. The molecule has 8 nitrogen and oxygen atoms in total. The molecular weight excluding hydrogens is 563 g/mol. The smallest absolute Gasteiger partial charge is 0.322 e. The van der Waals surface area contributed by atoms with E-state index in [1.54, 1.807) is 17.3 Å². The first-order valence-corrected chi connectivity index (χ1v) is 14.1. The van der Waals surface area contributed by atoms with Crippen LogP contribution in [0.2, 0.25) is 5.02 Å². The van der Waals surface area contributed by atoms with Crippen molar-refractivity contribution in [2.75, 3.05) is 31.6 Å². The predicted octanol–water partition coefficient (Wildman–Crippen LogP) is 4.61. The van der Waals surface area contributed by atoms with Gasteiger partial charge in [-0.2, -0.15) is 17.5 Å². The minimum Gasteiger partial charge on any atom is -0.322 e. The quantitative estimate of drug-likeness (QED) is 0.344. The number of nitrogens with one attached hydrogen (secondary N) is 2. The van der Waals surface area contributed by atoms with Crippen molar-refractivity contribution in [3.05, 3.63) is 91.6 Å². The lowest BCUT2D eigenvalue weighted by molar-refractivity contribution is -0.0498. The Morgan fingerprint density at radius 1 is 1.03 bits per heavy atom. The highest BCUT2D eigenvalue weighted by atomic mass is 35.5. The summed E-state index contributed by atoms with van der Waals surface area (Å²) in [6, 6.07) is 14.5. The van der Waals surface area contributed by atoms with Gasteiger partial charge < -0.3 is 10.4 Å². The Morgan fingerprint density at radius 2 is 1.71 bits per heavy atom. The van der Waals surface area contributed by atoms with Gasteiger partial charge in [-0.3, -0.25) is 4.79 Å². The third-order valence-electron chi connectivity index (χ3n) is 6.25. The van der Waals surface area contributed by atoms with E-state index in [1.165, 1.54) is 17.4 Å². The van der Waals surface area contributed by atoms with Gasteiger partial charge >= 0.3 is 15.5 Å². The number of fused-ring (bicyclic) bond motifs is 1. The van der Waals surface area contributed by atoms with Crippen LogP contribution in [-0.4, -0.2) is 59.4 Å². The van der Waals surface area contributed by atoms with Gasteiger partial charge in [0.25, 0.3) is 5.56 Å². The van der Waals surface area contributed by atoms with Gasteiger partial charge in [0.2, 0.25) is 0 Å². The Hall–Kier alpha value is -2.97. The maximum Gasteiger partial charge on any atom is 0.511 e. The van der Waals surface area contributed by atoms with Gasteiger partial charge in [0, 0.05) is 54.2 Å². The average molecular weight is 584 g/mol. The summed E-state index contributed by atoms with van der Waals surface area (Å²) in [4.78, 5) is 19.7. The fourth-order valence-electron chi connectivity index (χ4n) is 4.41. The molecular formula is C24H21ClF3N5O3S2. The number of aromatic amines is 1. The number of sulfonamides is 1. The Labute approximate surface area is 224 Å². The summed E-state index contributed by atoms with van der Waals surface area (Å²) in [6.07, 6.45) is 1.73. The number of hydrogen-bond acceptors (Lipinski definition) is 7. The minimum atomic E-state index is -5.39. The van der Waals surface area contributed by atoms with Crippen LogP contribution in [0.15, 0.2) is 64.9 Å². The Bertz CT molecular complexity index is 1600. The van der Waals surface area contributed by atoms with E-state index in [1.807, 2.05) is 41.8 Å². The summed E-state index contributed by atoms with van der Waals surface area (Å²) >= 11 is 7.61. The summed E-state index contributed by atoms with van der Waals surface area (Å²) in [5.41, 5.74) is 0.297. The molecule has 0 aliphatic carbocycles. The van der Waals surface area contributed by atoms with Crippen molar-refractivity contribution in [1.29, 1.82) is 0 Å². The lowest BCUT2D eigenvalue weighted by Crippen LogP contribution is -2.53. The highest BCUT2D eigenvalue weighted by Crippen LogP contribution is 2.36. The number of halogens is 4. The second-order valence-electron chi connectivity index (χ2n) is 8.66. The number of aromatic nitrogens is 2. The van der Waals surface area contributed by atoms with Gasteiger partial charge in [-0.05, 0) is 35.4 Å². The molecule has 1 unspecified atom stereocenters. The zero-order valence-corrected chi connectivity index (χ0v) is 22.0. The number of piperazine rings is 1. The molecule has 38 heavy (non-hydrogen) atoms. The van der Waals surface area contributed by atoms with Gasteiger partial charge in [0.1, 0.15) is 5.01 Å². The molecule has 1 fully saturated rings. The number of anilines is 1. The van der Waals surface area contributed by atoms with Crippen molar-refractivity contribution in [2.24, 2.45) is 0 Å². The molecule has 5 rings (SSSR count). The number of pyridine rings is 1. The zero-order valence-electron chi connectivity index (χ0n) is 19.6. The van der Waals surface area contributed by atoms with Crippen LogP contribution in [0.1, 0.15) is 22.1 Å². The summed E-state index contributed by atoms with van der Waals surface area (Å²) in [5, 5.41) is 5.65.